The van der Waals surface area contributed by atoms with Crippen molar-refractivity contribution >= 4 is 33.9 Å². The molecule has 4 nitrogen and oxygen atoms in total. The van der Waals surface area contributed by atoms with E-state index in [1.54, 1.807) is 12.3 Å². The Morgan fingerprint density at radius 1 is 1.04 bits per heavy atom. The average Bonchev–Trinajstić information content (AvgIpc) is 3.01. The molecule has 2 aromatic heterocycles. The highest BCUT2D eigenvalue weighted by Crippen LogP contribution is 2.16. The number of fused-ring (bicyclic) bond motifs is 2. The van der Waals surface area contributed by atoms with Crippen molar-refractivity contribution < 1.29 is 4.79 Å². The molecule has 24 heavy (non-hydrogen) atoms. The smallest absolute Gasteiger partial charge is 0.251 e. The number of aromatic nitrogens is 2. The number of pyridine rings is 1. The van der Waals surface area contributed by atoms with Gasteiger partial charge in [0.2, 0.25) is 0 Å². The van der Waals surface area contributed by atoms with Crippen molar-refractivity contribution in [2.75, 3.05) is 0 Å². The minimum absolute atomic E-state index is 0.115. The molecule has 0 aliphatic carbocycles. The van der Waals surface area contributed by atoms with E-state index in [2.05, 4.69) is 10.3 Å². The average molecular weight is 336 g/mol. The Bertz CT molecular complexity index is 1050. The van der Waals surface area contributed by atoms with Crippen LogP contribution in [0.2, 0.25) is 5.02 Å². The molecule has 5 heteroatoms. The number of hydrogen-bond acceptors (Lipinski definition) is 2. The molecular formula is C19H14ClN3O. The van der Waals surface area contributed by atoms with Crippen LogP contribution in [-0.4, -0.2) is 15.3 Å². The van der Waals surface area contributed by atoms with E-state index < -0.39 is 0 Å². The lowest BCUT2D eigenvalue weighted by Crippen LogP contribution is -2.22. The summed E-state index contributed by atoms with van der Waals surface area (Å²) < 4.78 is 1.85. The first-order valence-electron chi connectivity index (χ1n) is 7.59. The second-order valence-electron chi connectivity index (χ2n) is 5.59. The van der Waals surface area contributed by atoms with Crippen LogP contribution < -0.4 is 5.32 Å². The third-order valence-electron chi connectivity index (χ3n) is 3.91. The normalized spacial score (nSPS) is 11.0. The van der Waals surface area contributed by atoms with E-state index in [-0.39, 0.29) is 5.91 Å². The van der Waals surface area contributed by atoms with Crippen LogP contribution in [0.15, 0.2) is 67.0 Å². The maximum Gasteiger partial charge on any atom is 0.251 e. The molecule has 0 unspecified atom stereocenters. The van der Waals surface area contributed by atoms with Crippen LogP contribution in [0.4, 0.5) is 0 Å². The highest BCUT2D eigenvalue weighted by molar-refractivity contribution is 6.30. The molecule has 0 atom stereocenters. The zero-order valence-electron chi connectivity index (χ0n) is 12.7. The Kier molecular flexibility index (Phi) is 3.67. The molecule has 0 fully saturated rings. The summed E-state index contributed by atoms with van der Waals surface area (Å²) in [6.07, 6.45) is 3.65. The summed E-state index contributed by atoms with van der Waals surface area (Å²) in [5, 5.41) is 5.72. The number of benzene rings is 2. The molecule has 0 aliphatic heterocycles. The predicted molar refractivity (Wildman–Crippen MR) is 95.3 cm³/mol. The van der Waals surface area contributed by atoms with Gasteiger partial charge < -0.3 is 9.72 Å². The Labute approximate surface area is 143 Å². The molecule has 0 spiro atoms. The first kappa shape index (κ1) is 14.7. The largest absolute Gasteiger partial charge is 0.346 e. The molecule has 118 valence electrons. The summed E-state index contributed by atoms with van der Waals surface area (Å²) in [5.41, 5.74) is 2.22. The minimum atomic E-state index is -0.115. The van der Waals surface area contributed by atoms with E-state index >= 15 is 0 Å². The third kappa shape index (κ3) is 2.84. The van der Waals surface area contributed by atoms with E-state index in [0.29, 0.717) is 17.1 Å². The molecule has 4 rings (SSSR count). The zero-order chi connectivity index (χ0) is 16.5. The van der Waals surface area contributed by atoms with Crippen molar-refractivity contribution in [3.05, 3.63) is 83.3 Å². The van der Waals surface area contributed by atoms with Crippen LogP contribution in [0, 0.1) is 0 Å². The molecule has 0 saturated carbocycles. The number of carbonyl (C=O) groups excluding carboxylic acids is 1. The monoisotopic (exact) mass is 335 g/mol. The lowest BCUT2D eigenvalue weighted by atomic mass is 10.1. The van der Waals surface area contributed by atoms with Crippen molar-refractivity contribution in [1.82, 2.24) is 14.7 Å². The van der Waals surface area contributed by atoms with Gasteiger partial charge in [0.15, 0.2) is 0 Å². The summed E-state index contributed by atoms with van der Waals surface area (Å²) in [4.78, 5) is 16.8. The van der Waals surface area contributed by atoms with Crippen LogP contribution >= 0.6 is 11.6 Å². The van der Waals surface area contributed by atoms with Crippen LogP contribution in [0.5, 0.6) is 0 Å². The van der Waals surface area contributed by atoms with Gasteiger partial charge in [0.1, 0.15) is 5.65 Å². The number of rotatable bonds is 3. The minimum Gasteiger partial charge on any atom is -0.346 e. The van der Waals surface area contributed by atoms with Gasteiger partial charge in [-0.1, -0.05) is 41.9 Å². The van der Waals surface area contributed by atoms with Gasteiger partial charge in [0.05, 0.1) is 17.3 Å². The van der Waals surface area contributed by atoms with Crippen molar-refractivity contribution in [2.45, 2.75) is 6.54 Å². The molecule has 2 heterocycles. The molecular weight excluding hydrogens is 322 g/mol. The Balaban J connectivity index is 1.52. The van der Waals surface area contributed by atoms with Gasteiger partial charge in [-0.2, -0.15) is 0 Å². The molecule has 0 saturated heterocycles. The number of nitrogens with one attached hydrogen (secondary N) is 1. The summed E-state index contributed by atoms with van der Waals surface area (Å²) in [5.74, 6) is -0.115. The summed E-state index contributed by atoms with van der Waals surface area (Å²) >= 11 is 5.96. The van der Waals surface area contributed by atoms with E-state index in [1.165, 1.54) is 0 Å². The number of carbonyl (C=O) groups is 1. The quantitative estimate of drug-likeness (QED) is 0.613. The Morgan fingerprint density at radius 2 is 1.88 bits per heavy atom. The number of amides is 1. The zero-order valence-corrected chi connectivity index (χ0v) is 13.5. The molecule has 0 radical (unpaired) electrons. The molecule has 2 aromatic carbocycles. The Hall–Kier alpha value is -2.85. The SMILES string of the molecule is O=C(NCc1cn2cc(Cl)ccc2n1)c1ccc2ccccc2c1. The van der Waals surface area contributed by atoms with Gasteiger partial charge in [-0.15, -0.1) is 0 Å². The van der Waals surface area contributed by atoms with Crippen molar-refractivity contribution in [2.24, 2.45) is 0 Å². The van der Waals surface area contributed by atoms with Crippen molar-refractivity contribution in [3.8, 4) is 0 Å². The lowest BCUT2D eigenvalue weighted by Gasteiger charge is -2.05. The van der Waals surface area contributed by atoms with Gasteiger partial charge in [0.25, 0.3) is 5.91 Å². The first-order chi connectivity index (χ1) is 11.7. The Morgan fingerprint density at radius 3 is 2.75 bits per heavy atom. The van der Waals surface area contributed by atoms with Crippen LogP contribution in [0.1, 0.15) is 16.1 Å². The molecule has 0 bridgehead atoms. The highest BCUT2D eigenvalue weighted by atomic mass is 35.5. The van der Waals surface area contributed by atoms with E-state index in [1.807, 2.05) is 59.1 Å². The topological polar surface area (TPSA) is 46.4 Å². The number of hydrogen-bond donors (Lipinski definition) is 1. The first-order valence-corrected chi connectivity index (χ1v) is 7.97. The fourth-order valence-electron chi connectivity index (χ4n) is 2.71. The second-order valence-corrected chi connectivity index (χ2v) is 6.03. The van der Waals surface area contributed by atoms with Gasteiger partial charge in [-0.25, -0.2) is 4.98 Å². The maximum absolute atomic E-state index is 12.4. The maximum atomic E-state index is 12.4. The fraction of sp³-hybridized carbons (Fsp3) is 0.0526. The molecule has 0 aliphatic rings. The highest BCUT2D eigenvalue weighted by Gasteiger charge is 2.08. The standard InChI is InChI=1S/C19H14ClN3O/c20-16-7-8-18-22-17(12-23(18)11-16)10-21-19(24)15-6-5-13-3-1-2-4-14(13)9-15/h1-9,11-12H,10H2,(H,21,24). The number of imidazole rings is 1. The van der Waals surface area contributed by atoms with Crippen molar-refractivity contribution in [3.63, 3.8) is 0 Å². The van der Waals surface area contributed by atoms with Gasteiger partial charge in [-0.05, 0) is 35.0 Å². The number of halogens is 1. The van der Waals surface area contributed by atoms with Gasteiger partial charge in [0, 0.05) is 18.0 Å². The second kappa shape index (κ2) is 5.98. The van der Waals surface area contributed by atoms with Gasteiger partial charge in [-0.3, -0.25) is 4.79 Å². The third-order valence-corrected chi connectivity index (χ3v) is 4.13. The van der Waals surface area contributed by atoms with E-state index in [4.69, 9.17) is 11.6 Å². The summed E-state index contributed by atoms with van der Waals surface area (Å²) in [6.45, 7) is 0.366. The van der Waals surface area contributed by atoms with Crippen LogP contribution in [-0.2, 0) is 6.54 Å². The van der Waals surface area contributed by atoms with Crippen LogP contribution in [0.25, 0.3) is 16.4 Å². The number of nitrogens with zero attached hydrogens (tertiary/aromatic N) is 2. The van der Waals surface area contributed by atoms with Crippen LogP contribution in [0.3, 0.4) is 0 Å². The summed E-state index contributed by atoms with van der Waals surface area (Å²) in [7, 11) is 0. The van der Waals surface area contributed by atoms with E-state index in [0.717, 1.165) is 22.1 Å². The van der Waals surface area contributed by atoms with E-state index in [9.17, 15) is 4.79 Å². The molecule has 1 N–H and O–H groups in total. The van der Waals surface area contributed by atoms with Crippen molar-refractivity contribution in [1.29, 1.82) is 0 Å². The summed E-state index contributed by atoms with van der Waals surface area (Å²) in [6, 6.07) is 17.3. The predicted octanol–water partition coefficient (Wildman–Crippen LogP) is 4.07. The molecule has 1 amide bonds. The van der Waals surface area contributed by atoms with Gasteiger partial charge >= 0.3 is 0 Å². The fourth-order valence-corrected chi connectivity index (χ4v) is 2.87. The lowest BCUT2D eigenvalue weighted by molar-refractivity contribution is 0.0950. The molecule has 4 aromatic rings.